The normalized spacial score (nSPS) is 12.9. The second kappa shape index (κ2) is 11.9. The Balaban J connectivity index is 2.76. The fraction of sp³-hybridized carbons (Fsp3) is 0.640. The van der Waals surface area contributed by atoms with Crippen molar-refractivity contribution in [2.75, 3.05) is 13.2 Å². The molecule has 0 aromatic heterocycles. The molecule has 1 rings (SSSR count). The maximum atomic E-state index is 12.3. The van der Waals surface area contributed by atoms with Crippen LogP contribution in [0.1, 0.15) is 67.9 Å². The summed E-state index contributed by atoms with van der Waals surface area (Å²) in [5.41, 5.74) is -0.974. The van der Waals surface area contributed by atoms with E-state index in [1.165, 1.54) is 0 Å². The van der Waals surface area contributed by atoms with Crippen LogP contribution in [0.15, 0.2) is 24.3 Å². The standard InChI is InChI=1S/C25H40N2O7/c1-23(2,3)32-20(28)16-31-19-12-10-17(11-13-19)14-18(27-22(30)34-25(7,8)9)15-26-21(29)33-24(4,5)6/h10-13,18H,14-16H2,1-9H3,(H,26,29)(H,27,30)/t18-/m0/s1. The van der Waals surface area contributed by atoms with Gasteiger partial charge in [0.15, 0.2) is 6.61 Å². The fourth-order valence-electron chi connectivity index (χ4n) is 2.69. The molecule has 0 saturated heterocycles. The first-order valence-electron chi connectivity index (χ1n) is 11.3. The van der Waals surface area contributed by atoms with Gasteiger partial charge in [0.2, 0.25) is 0 Å². The lowest BCUT2D eigenvalue weighted by Gasteiger charge is -2.25. The Kier molecular flexibility index (Phi) is 10.2. The molecule has 0 fully saturated rings. The van der Waals surface area contributed by atoms with Crippen LogP contribution in [0.25, 0.3) is 0 Å². The van der Waals surface area contributed by atoms with Gasteiger partial charge in [0.25, 0.3) is 0 Å². The molecule has 34 heavy (non-hydrogen) atoms. The molecule has 0 radical (unpaired) electrons. The van der Waals surface area contributed by atoms with E-state index in [1.54, 1.807) is 74.4 Å². The number of rotatable bonds is 8. The van der Waals surface area contributed by atoms with Crippen molar-refractivity contribution < 1.29 is 33.3 Å². The molecule has 1 atom stereocenters. The lowest BCUT2D eigenvalue weighted by atomic mass is 10.1. The minimum absolute atomic E-state index is 0.144. The van der Waals surface area contributed by atoms with E-state index >= 15 is 0 Å². The van der Waals surface area contributed by atoms with Crippen LogP contribution in [0.2, 0.25) is 0 Å². The summed E-state index contributed by atoms with van der Waals surface area (Å²) in [4.78, 5) is 36.2. The lowest BCUT2D eigenvalue weighted by Crippen LogP contribution is -2.47. The van der Waals surface area contributed by atoms with Gasteiger partial charge in [-0.1, -0.05) is 12.1 Å². The van der Waals surface area contributed by atoms with E-state index in [-0.39, 0.29) is 13.2 Å². The number of nitrogens with one attached hydrogen (secondary N) is 2. The first kappa shape index (κ1) is 29.1. The monoisotopic (exact) mass is 480 g/mol. The second-order valence-electron chi connectivity index (χ2n) is 10.9. The molecule has 0 aliphatic carbocycles. The highest BCUT2D eigenvalue weighted by Gasteiger charge is 2.22. The summed E-state index contributed by atoms with van der Waals surface area (Å²) in [5, 5.41) is 5.48. The van der Waals surface area contributed by atoms with E-state index in [0.29, 0.717) is 12.2 Å². The second-order valence-corrected chi connectivity index (χ2v) is 10.9. The van der Waals surface area contributed by atoms with Crippen LogP contribution in [0.3, 0.4) is 0 Å². The van der Waals surface area contributed by atoms with E-state index in [0.717, 1.165) is 5.56 Å². The zero-order chi connectivity index (χ0) is 26.2. The highest BCUT2D eigenvalue weighted by molar-refractivity contribution is 5.71. The first-order valence-corrected chi connectivity index (χ1v) is 11.3. The summed E-state index contributed by atoms with van der Waals surface area (Å²) >= 11 is 0. The summed E-state index contributed by atoms with van der Waals surface area (Å²) < 4.78 is 21.3. The van der Waals surface area contributed by atoms with Gasteiger partial charge in [-0.2, -0.15) is 0 Å². The Morgan fingerprint density at radius 3 is 1.76 bits per heavy atom. The molecule has 1 aromatic carbocycles. The van der Waals surface area contributed by atoms with Gasteiger partial charge < -0.3 is 29.6 Å². The van der Waals surface area contributed by atoms with E-state index in [9.17, 15) is 14.4 Å². The van der Waals surface area contributed by atoms with Crippen LogP contribution in [-0.2, 0) is 25.4 Å². The van der Waals surface area contributed by atoms with E-state index in [4.69, 9.17) is 18.9 Å². The number of alkyl carbamates (subject to hydrolysis) is 2. The number of ether oxygens (including phenoxy) is 4. The molecule has 2 N–H and O–H groups in total. The van der Waals surface area contributed by atoms with Gasteiger partial charge in [0.1, 0.15) is 22.6 Å². The number of hydrogen-bond donors (Lipinski definition) is 2. The molecule has 1 aromatic rings. The van der Waals surface area contributed by atoms with Crippen molar-refractivity contribution in [1.29, 1.82) is 0 Å². The molecule has 0 aliphatic heterocycles. The van der Waals surface area contributed by atoms with Crippen LogP contribution in [0.5, 0.6) is 5.75 Å². The molecule has 0 bridgehead atoms. The number of benzene rings is 1. The Labute approximate surface area is 202 Å². The topological polar surface area (TPSA) is 112 Å². The molecule has 2 amide bonds. The summed E-state index contributed by atoms with van der Waals surface area (Å²) in [6.07, 6.45) is -0.739. The van der Waals surface area contributed by atoms with Crippen molar-refractivity contribution in [1.82, 2.24) is 10.6 Å². The van der Waals surface area contributed by atoms with Crippen molar-refractivity contribution >= 4 is 18.2 Å². The van der Waals surface area contributed by atoms with Gasteiger partial charge in [0, 0.05) is 6.54 Å². The number of esters is 1. The number of amides is 2. The summed E-state index contributed by atoms with van der Waals surface area (Å²) in [5.74, 6) is 0.0598. The summed E-state index contributed by atoms with van der Waals surface area (Å²) in [6.45, 7) is 16.0. The van der Waals surface area contributed by atoms with Crippen LogP contribution in [0, 0.1) is 0 Å². The van der Waals surface area contributed by atoms with Gasteiger partial charge in [-0.05, 0) is 86.4 Å². The molecule has 9 nitrogen and oxygen atoms in total. The average molecular weight is 481 g/mol. The lowest BCUT2D eigenvalue weighted by molar-refractivity contribution is -0.157. The highest BCUT2D eigenvalue weighted by Crippen LogP contribution is 2.15. The van der Waals surface area contributed by atoms with Gasteiger partial charge in [-0.3, -0.25) is 0 Å². The largest absolute Gasteiger partial charge is 0.482 e. The van der Waals surface area contributed by atoms with Crippen molar-refractivity contribution in [3.8, 4) is 5.75 Å². The minimum atomic E-state index is -0.652. The summed E-state index contributed by atoms with van der Waals surface area (Å²) in [7, 11) is 0. The number of carbonyl (C=O) groups excluding carboxylic acids is 3. The van der Waals surface area contributed by atoms with Crippen LogP contribution in [-0.4, -0.2) is 54.2 Å². The highest BCUT2D eigenvalue weighted by atomic mass is 16.6. The molecular weight excluding hydrogens is 440 g/mol. The Morgan fingerprint density at radius 1 is 0.765 bits per heavy atom. The quantitative estimate of drug-likeness (QED) is 0.420. The maximum Gasteiger partial charge on any atom is 0.407 e. The Hall–Kier alpha value is -2.97. The molecule has 9 heteroatoms. The van der Waals surface area contributed by atoms with Crippen LogP contribution < -0.4 is 15.4 Å². The molecule has 0 aliphatic rings. The Morgan fingerprint density at radius 2 is 1.26 bits per heavy atom. The fourth-order valence-corrected chi connectivity index (χ4v) is 2.69. The van der Waals surface area contributed by atoms with Crippen LogP contribution in [0.4, 0.5) is 9.59 Å². The molecule has 0 spiro atoms. The predicted octanol–water partition coefficient (Wildman–Crippen LogP) is 4.37. The van der Waals surface area contributed by atoms with Gasteiger partial charge in [0.05, 0.1) is 6.04 Å². The average Bonchev–Trinajstić information content (AvgIpc) is 2.61. The van der Waals surface area contributed by atoms with Crippen molar-refractivity contribution in [2.24, 2.45) is 0 Å². The predicted molar refractivity (Wildman–Crippen MR) is 129 cm³/mol. The van der Waals surface area contributed by atoms with Gasteiger partial charge in [-0.25, -0.2) is 14.4 Å². The first-order chi connectivity index (χ1) is 15.4. The smallest absolute Gasteiger partial charge is 0.407 e. The molecular formula is C25H40N2O7. The van der Waals surface area contributed by atoms with Gasteiger partial charge >= 0.3 is 18.2 Å². The summed E-state index contributed by atoms with van der Waals surface area (Å²) in [6, 6.07) is 6.65. The van der Waals surface area contributed by atoms with Crippen LogP contribution >= 0.6 is 0 Å². The minimum Gasteiger partial charge on any atom is -0.482 e. The van der Waals surface area contributed by atoms with E-state index in [2.05, 4.69) is 10.6 Å². The van der Waals surface area contributed by atoms with Crippen molar-refractivity contribution in [3.63, 3.8) is 0 Å². The third kappa shape index (κ3) is 14.2. The van der Waals surface area contributed by atoms with E-state index in [1.807, 2.05) is 12.1 Å². The third-order valence-electron chi connectivity index (χ3n) is 3.79. The molecule has 192 valence electrons. The van der Waals surface area contributed by atoms with Crippen molar-refractivity contribution in [3.05, 3.63) is 29.8 Å². The number of hydrogen-bond acceptors (Lipinski definition) is 7. The third-order valence-corrected chi connectivity index (χ3v) is 3.79. The zero-order valence-electron chi connectivity index (χ0n) is 21.9. The molecule has 0 saturated carbocycles. The molecule has 0 heterocycles. The maximum absolute atomic E-state index is 12.3. The Bertz CT molecular complexity index is 816. The zero-order valence-corrected chi connectivity index (χ0v) is 21.9. The number of carbonyl (C=O) groups is 3. The van der Waals surface area contributed by atoms with Gasteiger partial charge in [-0.15, -0.1) is 0 Å². The van der Waals surface area contributed by atoms with E-state index < -0.39 is 41.0 Å². The molecule has 0 unspecified atom stereocenters. The SMILES string of the molecule is CC(C)(C)OC(=O)COc1ccc(C[C@@H](CNC(=O)OC(C)(C)C)NC(=O)OC(C)(C)C)cc1. The van der Waals surface area contributed by atoms with Crippen molar-refractivity contribution in [2.45, 2.75) is 91.6 Å².